The molecule has 8 heteroatoms. The summed E-state index contributed by atoms with van der Waals surface area (Å²) in [5.74, 6) is -0.233. The third-order valence-corrected chi connectivity index (χ3v) is 4.40. The van der Waals surface area contributed by atoms with Gasteiger partial charge in [0.2, 0.25) is 0 Å². The third-order valence-electron chi connectivity index (χ3n) is 4.40. The zero-order valence-corrected chi connectivity index (χ0v) is 17.1. The molecule has 1 fully saturated rings. The van der Waals surface area contributed by atoms with Crippen molar-refractivity contribution in [3.63, 3.8) is 0 Å². The van der Waals surface area contributed by atoms with Crippen molar-refractivity contribution in [2.45, 2.75) is 72.2 Å². The number of aromatic nitrogens is 2. The van der Waals surface area contributed by atoms with Crippen molar-refractivity contribution in [3.8, 4) is 0 Å². The number of ether oxygens (including phenoxy) is 1. The maximum absolute atomic E-state index is 12.9. The van der Waals surface area contributed by atoms with E-state index < -0.39 is 5.60 Å². The highest BCUT2D eigenvalue weighted by molar-refractivity contribution is 5.92. The Morgan fingerprint density at radius 2 is 1.74 bits per heavy atom. The quantitative estimate of drug-likeness (QED) is 0.804. The molecular formula is C19H30N4O4. The number of carbonyl (C=O) groups is 2. The molecule has 1 aromatic rings. The molecule has 0 spiro atoms. The number of amides is 2. The van der Waals surface area contributed by atoms with E-state index in [0.717, 1.165) is 6.42 Å². The van der Waals surface area contributed by atoms with Crippen molar-refractivity contribution in [1.82, 2.24) is 19.6 Å². The molecule has 0 N–H and O–H groups in total. The second kappa shape index (κ2) is 8.10. The largest absolute Gasteiger partial charge is 0.444 e. The van der Waals surface area contributed by atoms with Crippen LogP contribution in [0.4, 0.5) is 4.79 Å². The monoisotopic (exact) mass is 378 g/mol. The van der Waals surface area contributed by atoms with Crippen molar-refractivity contribution in [1.29, 1.82) is 0 Å². The number of carbonyl (C=O) groups excluding carboxylic acids is 2. The molecule has 1 saturated heterocycles. The molecule has 2 heterocycles. The Labute approximate surface area is 160 Å². The molecule has 0 aromatic carbocycles. The van der Waals surface area contributed by atoms with Gasteiger partial charge in [-0.2, -0.15) is 5.10 Å². The first-order chi connectivity index (χ1) is 12.5. The molecule has 27 heavy (non-hydrogen) atoms. The standard InChI is InChI=1S/C19H30N4O4/c1-7-10-23-16(24)9-8-15(20-23)17(25)21-11-14(3)22(12-13(21)2)18(26)27-19(4,5)6/h8-9,13-14H,7,10-12H2,1-6H3/t13-,14-/m0/s1. The van der Waals surface area contributed by atoms with Gasteiger partial charge in [0.05, 0.1) is 0 Å². The van der Waals surface area contributed by atoms with E-state index in [-0.39, 0.29) is 35.3 Å². The van der Waals surface area contributed by atoms with Crippen LogP contribution in [0.25, 0.3) is 0 Å². The topological polar surface area (TPSA) is 84.7 Å². The van der Waals surface area contributed by atoms with E-state index in [2.05, 4.69) is 5.10 Å². The summed E-state index contributed by atoms with van der Waals surface area (Å²) in [4.78, 5) is 40.5. The van der Waals surface area contributed by atoms with Crippen molar-refractivity contribution < 1.29 is 14.3 Å². The summed E-state index contributed by atoms with van der Waals surface area (Å²) < 4.78 is 6.78. The summed E-state index contributed by atoms with van der Waals surface area (Å²) in [5.41, 5.74) is -0.540. The van der Waals surface area contributed by atoms with E-state index in [1.54, 1.807) is 9.80 Å². The van der Waals surface area contributed by atoms with Gasteiger partial charge in [-0.1, -0.05) is 6.92 Å². The SMILES string of the molecule is CCCn1nc(C(=O)N2C[C@H](C)N(C(=O)OC(C)(C)C)C[C@@H]2C)ccc1=O. The summed E-state index contributed by atoms with van der Waals surface area (Å²) in [7, 11) is 0. The number of hydrogen-bond acceptors (Lipinski definition) is 5. The molecule has 0 unspecified atom stereocenters. The van der Waals surface area contributed by atoms with Gasteiger partial charge in [-0.05, 0) is 47.1 Å². The highest BCUT2D eigenvalue weighted by atomic mass is 16.6. The molecule has 0 bridgehead atoms. The van der Waals surface area contributed by atoms with Crippen LogP contribution in [-0.4, -0.2) is 62.4 Å². The molecule has 0 saturated carbocycles. The summed E-state index contributed by atoms with van der Waals surface area (Å²) in [6.45, 7) is 12.5. The van der Waals surface area contributed by atoms with E-state index in [0.29, 0.717) is 19.6 Å². The zero-order valence-electron chi connectivity index (χ0n) is 17.1. The second-order valence-corrected chi connectivity index (χ2v) is 8.07. The maximum Gasteiger partial charge on any atom is 0.410 e. The Morgan fingerprint density at radius 3 is 2.33 bits per heavy atom. The molecule has 2 amide bonds. The van der Waals surface area contributed by atoms with Gasteiger partial charge < -0.3 is 14.5 Å². The minimum Gasteiger partial charge on any atom is -0.444 e. The van der Waals surface area contributed by atoms with E-state index in [4.69, 9.17) is 4.74 Å². The lowest BCUT2D eigenvalue weighted by Gasteiger charge is -2.44. The highest BCUT2D eigenvalue weighted by Crippen LogP contribution is 2.20. The van der Waals surface area contributed by atoms with Gasteiger partial charge in [-0.15, -0.1) is 0 Å². The third kappa shape index (κ3) is 5.08. The summed E-state index contributed by atoms with van der Waals surface area (Å²) >= 11 is 0. The lowest BCUT2D eigenvalue weighted by molar-refractivity contribution is -0.00805. The van der Waals surface area contributed by atoms with Gasteiger partial charge in [-0.25, -0.2) is 9.48 Å². The average Bonchev–Trinajstić information content (AvgIpc) is 2.56. The molecule has 2 atom stereocenters. The Morgan fingerprint density at radius 1 is 1.15 bits per heavy atom. The van der Waals surface area contributed by atoms with Crippen LogP contribution in [-0.2, 0) is 11.3 Å². The Bertz CT molecular complexity index is 753. The van der Waals surface area contributed by atoms with Crippen LogP contribution in [0.5, 0.6) is 0 Å². The Kier molecular flexibility index (Phi) is 6.28. The molecule has 1 aromatic heterocycles. The van der Waals surface area contributed by atoms with E-state index in [1.807, 2.05) is 41.5 Å². The van der Waals surface area contributed by atoms with Crippen LogP contribution in [0.15, 0.2) is 16.9 Å². The first-order valence-electron chi connectivity index (χ1n) is 9.42. The smallest absolute Gasteiger partial charge is 0.410 e. The first-order valence-corrected chi connectivity index (χ1v) is 9.42. The molecule has 8 nitrogen and oxygen atoms in total. The fraction of sp³-hybridized carbons (Fsp3) is 0.684. The number of nitrogens with zero attached hydrogens (tertiary/aromatic N) is 4. The lowest BCUT2D eigenvalue weighted by Crippen LogP contribution is -2.60. The van der Waals surface area contributed by atoms with E-state index in [1.165, 1.54) is 16.8 Å². The molecule has 1 aliphatic heterocycles. The Balaban J connectivity index is 2.15. The molecule has 0 aliphatic carbocycles. The van der Waals surface area contributed by atoms with E-state index >= 15 is 0 Å². The van der Waals surface area contributed by atoms with Crippen LogP contribution < -0.4 is 5.56 Å². The molecular weight excluding hydrogens is 348 g/mol. The molecule has 1 aliphatic rings. The van der Waals surface area contributed by atoms with Crippen molar-refractivity contribution in [3.05, 3.63) is 28.2 Å². The van der Waals surface area contributed by atoms with Crippen molar-refractivity contribution >= 4 is 12.0 Å². The van der Waals surface area contributed by atoms with Crippen LogP contribution in [0.3, 0.4) is 0 Å². The predicted octanol–water partition coefficient (Wildman–Crippen LogP) is 2.12. The predicted molar refractivity (Wildman–Crippen MR) is 102 cm³/mol. The van der Waals surface area contributed by atoms with Gasteiger partial charge in [0.15, 0.2) is 0 Å². The Hall–Kier alpha value is -2.38. The average molecular weight is 378 g/mol. The number of aryl methyl sites for hydroxylation is 1. The van der Waals surface area contributed by atoms with Crippen LogP contribution in [0.2, 0.25) is 0 Å². The van der Waals surface area contributed by atoms with Gasteiger partial charge in [0.1, 0.15) is 11.3 Å². The summed E-state index contributed by atoms with van der Waals surface area (Å²) in [6.07, 6.45) is 0.385. The first kappa shape index (κ1) is 20.9. The molecule has 0 radical (unpaired) electrons. The minimum atomic E-state index is -0.566. The number of rotatable bonds is 3. The molecule has 150 valence electrons. The van der Waals surface area contributed by atoms with Crippen LogP contribution in [0.1, 0.15) is 58.5 Å². The highest BCUT2D eigenvalue weighted by Gasteiger charge is 2.37. The summed E-state index contributed by atoms with van der Waals surface area (Å²) in [6, 6.07) is 2.48. The van der Waals surface area contributed by atoms with Gasteiger partial charge in [0, 0.05) is 37.8 Å². The number of hydrogen-bond donors (Lipinski definition) is 0. The molecule has 2 rings (SSSR count). The van der Waals surface area contributed by atoms with Crippen molar-refractivity contribution in [2.24, 2.45) is 0 Å². The number of piperazine rings is 1. The second-order valence-electron chi connectivity index (χ2n) is 8.07. The lowest BCUT2D eigenvalue weighted by atomic mass is 10.1. The van der Waals surface area contributed by atoms with Gasteiger partial charge in [-0.3, -0.25) is 9.59 Å². The minimum absolute atomic E-state index is 0.179. The fourth-order valence-corrected chi connectivity index (χ4v) is 3.07. The normalized spacial score (nSPS) is 20.5. The van der Waals surface area contributed by atoms with Crippen LogP contribution >= 0.6 is 0 Å². The van der Waals surface area contributed by atoms with Gasteiger partial charge >= 0.3 is 6.09 Å². The summed E-state index contributed by atoms with van der Waals surface area (Å²) in [5, 5.41) is 4.21. The fourth-order valence-electron chi connectivity index (χ4n) is 3.07. The van der Waals surface area contributed by atoms with E-state index in [9.17, 15) is 14.4 Å². The maximum atomic E-state index is 12.9. The van der Waals surface area contributed by atoms with Gasteiger partial charge in [0.25, 0.3) is 11.5 Å². The zero-order chi connectivity index (χ0) is 20.4. The van der Waals surface area contributed by atoms with Crippen molar-refractivity contribution in [2.75, 3.05) is 13.1 Å². The van der Waals surface area contributed by atoms with Crippen LogP contribution in [0, 0.1) is 0 Å².